The second-order valence-electron chi connectivity index (χ2n) is 10.3. The predicted octanol–water partition coefficient (Wildman–Crippen LogP) is 6.24. The average Bonchev–Trinajstić information content (AvgIpc) is 3.54. The number of halogens is 1. The third-order valence-electron chi connectivity index (χ3n) is 7.09. The Hall–Kier alpha value is -3.06. The van der Waals surface area contributed by atoms with Gasteiger partial charge in [0.05, 0.1) is 6.33 Å². The number of hydrogen-bond donors (Lipinski definition) is 1. The molecule has 39 heavy (non-hydrogen) atoms. The number of aromatic nitrogens is 4. The molecule has 0 spiro atoms. The van der Waals surface area contributed by atoms with E-state index in [1.807, 2.05) is 6.92 Å². The number of anilines is 1. The molecule has 214 valence electrons. The summed E-state index contributed by atoms with van der Waals surface area (Å²) < 4.78 is 27.4. The van der Waals surface area contributed by atoms with Crippen molar-refractivity contribution in [2.75, 3.05) is 11.9 Å². The topological polar surface area (TPSA) is 108 Å². The molecule has 10 heteroatoms. The van der Waals surface area contributed by atoms with Crippen molar-refractivity contribution in [3.8, 4) is 12.3 Å². The number of hydrogen-bond acceptors (Lipinski definition) is 7. The van der Waals surface area contributed by atoms with Gasteiger partial charge in [0.15, 0.2) is 22.6 Å². The molecule has 1 saturated heterocycles. The first-order chi connectivity index (χ1) is 18.9. The number of ether oxygens (including phenoxy) is 2. The lowest BCUT2D eigenvalue weighted by atomic mass is 10.0. The zero-order valence-electron chi connectivity index (χ0n) is 23.3. The predicted molar refractivity (Wildman–Crippen MR) is 147 cm³/mol. The maximum Gasteiger partial charge on any atom is 0.312 e. The Morgan fingerprint density at radius 2 is 1.79 bits per heavy atom. The number of terminal acetylenes is 1. The van der Waals surface area contributed by atoms with Crippen molar-refractivity contribution in [3.05, 3.63) is 12.4 Å². The van der Waals surface area contributed by atoms with Crippen LogP contribution in [0.5, 0.6) is 0 Å². The van der Waals surface area contributed by atoms with Gasteiger partial charge in [-0.1, -0.05) is 77.6 Å². The minimum absolute atomic E-state index is 0.0308. The first-order valence-corrected chi connectivity index (χ1v) is 14.4. The third-order valence-corrected chi connectivity index (χ3v) is 7.09. The van der Waals surface area contributed by atoms with Gasteiger partial charge in [-0.25, -0.2) is 4.98 Å². The van der Waals surface area contributed by atoms with Crippen LogP contribution in [0.1, 0.15) is 116 Å². The van der Waals surface area contributed by atoms with Gasteiger partial charge in [-0.15, -0.1) is 6.42 Å². The van der Waals surface area contributed by atoms with E-state index in [0.717, 1.165) is 32.1 Å². The van der Waals surface area contributed by atoms with Crippen molar-refractivity contribution < 1.29 is 23.5 Å². The van der Waals surface area contributed by atoms with Crippen LogP contribution in [0, 0.1) is 18.4 Å². The summed E-state index contributed by atoms with van der Waals surface area (Å²) in [6, 6.07) is 0. The molecule has 9 nitrogen and oxygen atoms in total. The number of carbonyl (C=O) groups excluding carboxylic acids is 2. The fourth-order valence-corrected chi connectivity index (χ4v) is 4.75. The van der Waals surface area contributed by atoms with Crippen LogP contribution in [0.25, 0.3) is 11.2 Å². The van der Waals surface area contributed by atoms with E-state index in [-0.39, 0.29) is 35.5 Å². The molecule has 0 aromatic carbocycles. The van der Waals surface area contributed by atoms with Crippen molar-refractivity contribution in [1.29, 1.82) is 0 Å². The van der Waals surface area contributed by atoms with E-state index in [1.54, 1.807) is 4.57 Å². The van der Waals surface area contributed by atoms with Crippen LogP contribution in [-0.2, 0) is 19.1 Å². The fraction of sp³-hybridized carbons (Fsp3) is 0.690. The van der Waals surface area contributed by atoms with Crippen molar-refractivity contribution in [2.45, 2.75) is 122 Å². The van der Waals surface area contributed by atoms with E-state index in [1.165, 1.54) is 44.9 Å². The molecule has 1 aliphatic rings. The van der Waals surface area contributed by atoms with Gasteiger partial charge in [0.1, 0.15) is 12.8 Å². The van der Waals surface area contributed by atoms with Crippen LogP contribution in [0.15, 0.2) is 6.33 Å². The molecule has 3 rings (SSSR count). The molecule has 0 aliphatic carbocycles. The lowest BCUT2D eigenvalue weighted by molar-refractivity contribution is -0.152. The van der Waals surface area contributed by atoms with Crippen LogP contribution in [0.4, 0.5) is 10.2 Å². The van der Waals surface area contributed by atoms with E-state index in [0.29, 0.717) is 25.7 Å². The number of nitrogens with one attached hydrogen (secondary N) is 1. The standard InChI is InChI=1S/C29H42FN5O4/c1-4-7-9-10-11-12-13-14-15-16-22(36)32-26-25-27(34-28(30)33-26)35(21-31-25)23-18-19-29(6-3,39-23)20-38-24(37)17-8-5-2/h3,21,23H,4-5,7-20H2,1-2H3,(H,32,33,34,36). The lowest BCUT2D eigenvalue weighted by Gasteiger charge is -2.23. The molecule has 1 amide bonds. The number of fused-ring (bicyclic) bond motifs is 1. The summed E-state index contributed by atoms with van der Waals surface area (Å²) in [5.41, 5.74) is -0.621. The second-order valence-corrected chi connectivity index (χ2v) is 10.3. The molecule has 1 aliphatic heterocycles. The number of amides is 1. The zero-order valence-corrected chi connectivity index (χ0v) is 23.3. The molecule has 0 saturated carbocycles. The summed E-state index contributed by atoms with van der Waals surface area (Å²) in [5, 5.41) is 2.70. The van der Waals surface area contributed by atoms with Gasteiger partial charge in [-0.3, -0.25) is 14.2 Å². The second kappa shape index (κ2) is 15.5. The molecule has 1 N–H and O–H groups in total. The molecule has 1 fully saturated rings. The summed E-state index contributed by atoms with van der Waals surface area (Å²) in [6.45, 7) is 4.15. The minimum atomic E-state index is -1.08. The van der Waals surface area contributed by atoms with Crippen LogP contribution >= 0.6 is 0 Å². The molecule has 3 heterocycles. The lowest BCUT2D eigenvalue weighted by Crippen LogP contribution is -2.34. The van der Waals surface area contributed by atoms with Gasteiger partial charge in [0, 0.05) is 12.8 Å². The van der Waals surface area contributed by atoms with Crippen LogP contribution in [0.2, 0.25) is 0 Å². The quantitative estimate of drug-likeness (QED) is 0.109. The summed E-state index contributed by atoms with van der Waals surface area (Å²) >= 11 is 0. The Labute approximate surface area is 230 Å². The summed E-state index contributed by atoms with van der Waals surface area (Å²) in [7, 11) is 0. The van der Waals surface area contributed by atoms with Crippen molar-refractivity contribution in [2.24, 2.45) is 0 Å². The Bertz CT molecular complexity index is 1130. The molecule has 2 atom stereocenters. The first-order valence-electron chi connectivity index (χ1n) is 14.4. The number of imidazole rings is 1. The monoisotopic (exact) mass is 543 g/mol. The highest BCUT2D eigenvalue weighted by Gasteiger charge is 2.41. The van der Waals surface area contributed by atoms with E-state index < -0.39 is 17.9 Å². The Balaban J connectivity index is 1.55. The summed E-state index contributed by atoms with van der Waals surface area (Å²) in [6.07, 6.45) is 19.3. The maximum absolute atomic E-state index is 14.4. The van der Waals surface area contributed by atoms with Gasteiger partial charge < -0.3 is 14.8 Å². The average molecular weight is 544 g/mol. The molecular weight excluding hydrogens is 501 g/mol. The maximum atomic E-state index is 14.4. The fourth-order valence-electron chi connectivity index (χ4n) is 4.75. The highest BCUT2D eigenvalue weighted by atomic mass is 19.1. The highest BCUT2D eigenvalue weighted by molar-refractivity contribution is 5.96. The third kappa shape index (κ3) is 8.99. The van der Waals surface area contributed by atoms with Gasteiger partial charge >= 0.3 is 12.0 Å². The highest BCUT2D eigenvalue weighted by Crippen LogP contribution is 2.38. The number of unbranched alkanes of at least 4 members (excludes halogenated alkanes) is 9. The van der Waals surface area contributed by atoms with Gasteiger partial charge in [-0.2, -0.15) is 14.4 Å². The van der Waals surface area contributed by atoms with E-state index >= 15 is 0 Å². The van der Waals surface area contributed by atoms with Crippen molar-refractivity contribution >= 4 is 28.9 Å². The Morgan fingerprint density at radius 1 is 1.10 bits per heavy atom. The smallest absolute Gasteiger partial charge is 0.312 e. The Morgan fingerprint density at radius 3 is 2.49 bits per heavy atom. The molecule has 2 aromatic rings. The molecule has 2 unspecified atom stereocenters. The van der Waals surface area contributed by atoms with Gasteiger partial charge in [0.2, 0.25) is 5.91 Å². The SMILES string of the molecule is C#CC1(COC(=O)CCCC)CCC(n2cnc3c(NC(=O)CCCCCCCCCCC)nc(F)nc32)O1. The number of nitrogens with zero attached hydrogens (tertiary/aromatic N) is 4. The van der Waals surface area contributed by atoms with Crippen LogP contribution < -0.4 is 5.32 Å². The van der Waals surface area contributed by atoms with E-state index in [2.05, 4.69) is 33.1 Å². The zero-order chi connectivity index (χ0) is 28.1. The molecule has 0 radical (unpaired) electrons. The van der Waals surface area contributed by atoms with Gasteiger partial charge in [0.25, 0.3) is 0 Å². The van der Waals surface area contributed by atoms with Crippen LogP contribution in [-0.4, -0.2) is 43.6 Å². The van der Waals surface area contributed by atoms with Crippen molar-refractivity contribution in [1.82, 2.24) is 19.5 Å². The van der Waals surface area contributed by atoms with Crippen molar-refractivity contribution in [3.63, 3.8) is 0 Å². The normalized spacial score (nSPS) is 18.8. The molecule has 0 bridgehead atoms. The summed E-state index contributed by atoms with van der Waals surface area (Å²) in [5.74, 6) is 2.10. The van der Waals surface area contributed by atoms with Crippen LogP contribution in [0.3, 0.4) is 0 Å². The Kier molecular flexibility index (Phi) is 12.1. The number of rotatable bonds is 17. The van der Waals surface area contributed by atoms with E-state index in [4.69, 9.17) is 15.9 Å². The molecule has 2 aromatic heterocycles. The number of carbonyl (C=O) groups is 2. The largest absolute Gasteiger partial charge is 0.462 e. The molecular formula is C29H42FN5O4. The summed E-state index contributed by atoms with van der Waals surface area (Å²) in [4.78, 5) is 36.5. The minimum Gasteiger partial charge on any atom is -0.462 e. The van der Waals surface area contributed by atoms with Gasteiger partial charge in [-0.05, 0) is 25.7 Å². The number of esters is 1. The first kappa shape index (κ1) is 30.5. The van der Waals surface area contributed by atoms with E-state index in [9.17, 15) is 14.0 Å².